The van der Waals surface area contributed by atoms with E-state index in [0.717, 1.165) is 5.39 Å². The van der Waals surface area contributed by atoms with E-state index in [9.17, 15) is 4.79 Å². The first kappa shape index (κ1) is 18.9. The van der Waals surface area contributed by atoms with Gasteiger partial charge >= 0.3 is 0 Å². The number of carbonyl (C=O) groups excluding carboxylic acids is 1. The van der Waals surface area contributed by atoms with Crippen LogP contribution in [0.4, 0.5) is 5.82 Å². The molecule has 3 aromatic rings. The molecule has 0 spiro atoms. The average molecular weight is 398 g/mol. The molecule has 152 valence electrons. The Kier molecular flexibility index (Phi) is 5.71. The number of para-hydroxylation sites is 2. The van der Waals surface area contributed by atoms with Gasteiger partial charge in [0.15, 0.2) is 17.1 Å². The second-order valence-electron chi connectivity index (χ2n) is 6.40. The Morgan fingerprint density at radius 2 is 2.14 bits per heavy atom. The summed E-state index contributed by atoms with van der Waals surface area (Å²) in [6, 6.07) is 7.29. The molecule has 1 aromatic carbocycles. The van der Waals surface area contributed by atoms with Crippen molar-refractivity contribution in [2.75, 3.05) is 38.7 Å². The van der Waals surface area contributed by atoms with Crippen LogP contribution in [-0.2, 0) is 16.1 Å². The SMILES string of the molecule is COCCNc1ncnc2c1cnn2CCNC(=O)C1COc2ccccc2O1. The summed E-state index contributed by atoms with van der Waals surface area (Å²) < 4.78 is 18.1. The first-order chi connectivity index (χ1) is 14.3. The maximum absolute atomic E-state index is 12.4. The molecule has 1 unspecified atom stereocenters. The molecule has 1 atom stereocenters. The number of fused-ring (bicyclic) bond motifs is 2. The van der Waals surface area contributed by atoms with Gasteiger partial charge in [0, 0.05) is 20.2 Å². The Morgan fingerprint density at radius 1 is 1.28 bits per heavy atom. The van der Waals surface area contributed by atoms with Crippen LogP contribution in [0.1, 0.15) is 0 Å². The van der Waals surface area contributed by atoms with Crippen LogP contribution in [0.2, 0.25) is 0 Å². The summed E-state index contributed by atoms with van der Waals surface area (Å²) in [6.07, 6.45) is 2.51. The fourth-order valence-corrected chi connectivity index (χ4v) is 3.02. The molecule has 1 amide bonds. The van der Waals surface area contributed by atoms with E-state index in [0.29, 0.717) is 49.2 Å². The predicted octanol–water partition coefficient (Wildman–Crippen LogP) is 0.841. The molecule has 0 fully saturated rings. The fraction of sp³-hybridized carbons (Fsp3) is 0.368. The van der Waals surface area contributed by atoms with E-state index < -0.39 is 6.10 Å². The van der Waals surface area contributed by atoms with Gasteiger partial charge < -0.3 is 24.8 Å². The van der Waals surface area contributed by atoms with Crippen LogP contribution in [0.15, 0.2) is 36.8 Å². The number of anilines is 1. The molecule has 10 nitrogen and oxygen atoms in total. The maximum atomic E-state index is 12.4. The van der Waals surface area contributed by atoms with E-state index in [1.165, 1.54) is 6.33 Å². The van der Waals surface area contributed by atoms with Gasteiger partial charge in [0.25, 0.3) is 5.91 Å². The molecular weight excluding hydrogens is 376 g/mol. The van der Waals surface area contributed by atoms with Crippen LogP contribution in [0.3, 0.4) is 0 Å². The number of rotatable bonds is 8. The summed E-state index contributed by atoms with van der Waals surface area (Å²) in [5.41, 5.74) is 0.695. The molecule has 3 heterocycles. The third kappa shape index (κ3) is 4.21. The summed E-state index contributed by atoms with van der Waals surface area (Å²) in [4.78, 5) is 21.0. The number of amides is 1. The first-order valence-electron chi connectivity index (χ1n) is 9.32. The summed E-state index contributed by atoms with van der Waals surface area (Å²) in [5, 5.41) is 11.2. The zero-order valence-electron chi connectivity index (χ0n) is 16.0. The Labute approximate surface area is 167 Å². The second kappa shape index (κ2) is 8.74. The number of ether oxygens (including phenoxy) is 3. The van der Waals surface area contributed by atoms with Gasteiger partial charge in [-0.05, 0) is 12.1 Å². The van der Waals surface area contributed by atoms with Gasteiger partial charge in [-0.15, -0.1) is 0 Å². The first-order valence-corrected chi connectivity index (χ1v) is 9.32. The van der Waals surface area contributed by atoms with Crippen molar-refractivity contribution in [3.05, 3.63) is 36.8 Å². The van der Waals surface area contributed by atoms with Gasteiger partial charge in [0.2, 0.25) is 6.10 Å². The summed E-state index contributed by atoms with van der Waals surface area (Å²) in [5.74, 6) is 1.69. The standard InChI is InChI=1S/C19H22N6O4/c1-27-9-7-20-17-13-10-24-25(18(13)23-12-22-17)8-6-21-19(26)16-11-28-14-4-2-3-5-15(14)29-16/h2-5,10,12,16H,6-9,11H2,1H3,(H,21,26)(H,20,22,23). The minimum Gasteiger partial charge on any atom is -0.485 e. The number of nitrogens with one attached hydrogen (secondary N) is 2. The lowest BCUT2D eigenvalue weighted by molar-refractivity contribution is -0.130. The minimum atomic E-state index is -0.682. The van der Waals surface area contributed by atoms with E-state index in [2.05, 4.69) is 25.7 Å². The van der Waals surface area contributed by atoms with Crippen LogP contribution in [0.25, 0.3) is 11.0 Å². The third-order valence-corrected chi connectivity index (χ3v) is 4.46. The van der Waals surface area contributed by atoms with Gasteiger partial charge in [0.05, 0.1) is 24.7 Å². The lowest BCUT2D eigenvalue weighted by atomic mass is 10.2. The van der Waals surface area contributed by atoms with Crippen LogP contribution >= 0.6 is 0 Å². The normalized spacial score (nSPS) is 15.3. The van der Waals surface area contributed by atoms with Crippen molar-refractivity contribution in [1.29, 1.82) is 0 Å². The smallest absolute Gasteiger partial charge is 0.264 e. The molecule has 10 heteroatoms. The van der Waals surface area contributed by atoms with Crippen molar-refractivity contribution in [2.45, 2.75) is 12.6 Å². The van der Waals surface area contributed by atoms with Gasteiger partial charge in [-0.25, -0.2) is 14.6 Å². The fourth-order valence-electron chi connectivity index (χ4n) is 3.02. The van der Waals surface area contributed by atoms with E-state index in [1.54, 1.807) is 24.1 Å². The van der Waals surface area contributed by atoms with E-state index in [1.807, 2.05) is 18.2 Å². The number of carbonyl (C=O) groups is 1. The number of aromatic nitrogens is 4. The highest BCUT2D eigenvalue weighted by molar-refractivity contribution is 5.86. The third-order valence-electron chi connectivity index (χ3n) is 4.46. The van der Waals surface area contributed by atoms with Crippen molar-refractivity contribution >= 4 is 22.8 Å². The molecule has 0 saturated carbocycles. The monoisotopic (exact) mass is 398 g/mol. The molecule has 0 saturated heterocycles. The van der Waals surface area contributed by atoms with Crippen LogP contribution < -0.4 is 20.1 Å². The van der Waals surface area contributed by atoms with Crippen molar-refractivity contribution in [3.63, 3.8) is 0 Å². The summed E-state index contributed by atoms with van der Waals surface area (Å²) in [7, 11) is 1.65. The largest absolute Gasteiger partial charge is 0.485 e. The highest BCUT2D eigenvalue weighted by Crippen LogP contribution is 2.30. The van der Waals surface area contributed by atoms with Crippen molar-refractivity contribution < 1.29 is 19.0 Å². The molecule has 2 N–H and O–H groups in total. The number of benzene rings is 1. The molecule has 4 rings (SSSR count). The number of methoxy groups -OCH3 is 1. The zero-order valence-corrected chi connectivity index (χ0v) is 16.0. The topological polar surface area (TPSA) is 112 Å². The van der Waals surface area contributed by atoms with Gasteiger partial charge in [-0.2, -0.15) is 5.10 Å². The molecule has 1 aliphatic rings. The van der Waals surface area contributed by atoms with Gasteiger partial charge in [-0.3, -0.25) is 4.79 Å². The van der Waals surface area contributed by atoms with E-state index >= 15 is 0 Å². The van der Waals surface area contributed by atoms with Crippen LogP contribution in [0.5, 0.6) is 11.5 Å². The van der Waals surface area contributed by atoms with E-state index in [-0.39, 0.29) is 12.5 Å². The number of hydrogen-bond acceptors (Lipinski definition) is 8. The molecule has 0 radical (unpaired) electrons. The molecule has 0 bridgehead atoms. The average Bonchev–Trinajstić information content (AvgIpc) is 3.17. The van der Waals surface area contributed by atoms with Gasteiger partial charge in [-0.1, -0.05) is 12.1 Å². The highest BCUT2D eigenvalue weighted by atomic mass is 16.6. The molecule has 1 aliphatic heterocycles. The number of hydrogen-bond donors (Lipinski definition) is 2. The van der Waals surface area contributed by atoms with E-state index in [4.69, 9.17) is 14.2 Å². The Bertz CT molecular complexity index is 992. The second-order valence-corrected chi connectivity index (χ2v) is 6.40. The summed E-state index contributed by atoms with van der Waals surface area (Å²) in [6.45, 7) is 2.23. The van der Waals surface area contributed by atoms with Crippen molar-refractivity contribution in [3.8, 4) is 11.5 Å². The lowest BCUT2D eigenvalue weighted by Gasteiger charge is -2.25. The lowest BCUT2D eigenvalue weighted by Crippen LogP contribution is -2.44. The highest BCUT2D eigenvalue weighted by Gasteiger charge is 2.26. The van der Waals surface area contributed by atoms with Crippen molar-refractivity contribution in [2.24, 2.45) is 0 Å². The van der Waals surface area contributed by atoms with Crippen LogP contribution in [-0.4, -0.2) is 65.2 Å². The minimum absolute atomic E-state index is 0.178. The molecular formula is C19H22N6O4. The van der Waals surface area contributed by atoms with Crippen LogP contribution in [0, 0.1) is 0 Å². The molecule has 2 aromatic heterocycles. The quantitative estimate of drug-likeness (QED) is 0.537. The zero-order chi connectivity index (χ0) is 20.1. The Hall–Kier alpha value is -3.40. The maximum Gasteiger partial charge on any atom is 0.264 e. The van der Waals surface area contributed by atoms with Gasteiger partial charge in [0.1, 0.15) is 18.8 Å². The number of nitrogens with zero attached hydrogens (tertiary/aromatic N) is 4. The molecule has 0 aliphatic carbocycles. The Morgan fingerprint density at radius 3 is 3.00 bits per heavy atom. The Balaban J connectivity index is 1.33. The van der Waals surface area contributed by atoms with Crippen molar-refractivity contribution in [1.82, 2.24) is 25.1 Å². The predicted molar refractivity (Wildman–Crippen MR) is 105 cm³/mol. The summed E-state index contributed by atoms with van der Waals surface area (Å²) >= 11 is 0. The molecule has 29 heavy (non-hydrogen) atoms.